The van der Waals surface area contributed by atoms with Crippen molar-refractivity contribution in [3.63, 3.8) is 0 Å². The number of alkyl carbamates (subject to hydrolysis) is 1. The second-order valence-electron chi connectivity index (χ2n) is 15.1. The van der Waals surface area contributed by atoms with Crippen LogP contribution in [0, 0.1) is 17.3 Å². The van der Waals surface area contributed by atoms with Gasteiger partial charge in [-0.2, -0.15) is 4.31 Å². The Morgan fingerprint density at radius 1 is 1.13 bits per heavy atom. The largest absolute Gasteiger partial charge is 0.454 e. The Morgan fingerprint density at radius 2 is 1.96 bits per heavy atom. The van der Waals surface area contributed by atoms with E-state index in [1.807, 2.05) is 35.7 Å². The number of nitrogens with one attached hydrogen (secondary N) is 1. The summed E-state index contributed by atoms with van der Waals surface area (Å²) in [5, 5.41) is 18.1. The predicted octanol–water partition coefficient (Wildman–Crippen LogP) is 6.12. The standard InChI is InChI=1S/C39H47N3O9S2/c1-39-24-49-37-29(39)17-28(23-48-37)35(39)51-38(44)41-30(16-25-10-6-5-7-11-25)31(43)21-42-13-8-3-2-4-9-14-47-22-27-19-32-26(20-34(27)53(42,45)46)18-33(50-32)36-40-12-15-52-36/h5-7,10-12,15,18-20,28-31,35,37,43H,2-4,8-9,13-14,16-17,21-24H2,1H3,(H,41,44)/t28?,29?,30-,31+,35-,37-,39?/m0/s1. The van der Waals surface area contributed by atoms with Crippen LogP contribution < -0.4 is 5.32 Å². The SMILES string of the molecule is CC12CO[C@@H]3OCC(CC31)[C@@H]2OC(=O)N[C@@H](Cc1ccccc1)[C@H](O)CN1CCCCCCCOCc2cc3oc(-c4nccs4)cc3cc2S1(=O)=O. The van der Waals surface area contributed by atoms with E-state index in [0.717, 1.165) is 37.7 Å². The number of sulfonamides is 1. The van der Waals surface area contributed by atoms with Crippen LogP contribution in [0.3, 0.4) is 0 Å². The molecule has 3 aliphatic heterocycles. The molecular weight excluding hydrogens is 719 g/mol. The Morgan fingerprint density at radius 3 is 2.79 bits per heavy atom. The first-order chi connectivity index (χ1) is 25.7. The van der Waals surface area contributed by atoms with Gasteiger partial charge in [0.1, 0.15) is 11.7 Å². The van der Waals surface area contributed by atoms with E-state index in [1.54, 1.807) is 24.4 Å². The third-order valence-corrected chi connectivity index (χ3v) is 14.2. The molecule has 4 aliphatic rings. The maximum atomic E-state index is 14.8. The minimum atomic E-state index is -4.16. The fourth-order valence-corrected chi connectivity index (χ4v) is 10.9. The quantitative estimate of drug-likeness (QED) is 0.215. The zero-order chi connectivity index (χ0) is 36.6. The van der Waals surface area contributed by atoms with E-state index in [9.17, 15) is 18.3 Å². The van der Waals surface area contributed by atoms with E-state index in [1.165, 1.54) is 15.6 Å². The van der Waals surface area contributed by atoms with Gasteiger partial charge in [-0.3, -0.25) is 0 Å². The number of aliphatic hydroxyl groups is 1. The number of hydrogen-bond acceptors (Lipinski definition) is 11. The van der Waals surface area contributed by atoms with Gasteiger partial charge in [-0.1, -0.05) is 56.5 Å². The summed E-state index contributed by atoms with van der Waals surface area (Å²) in [6.07, 6.45) is 4.51. The summed E-state index contributed by atoms with van der Waals surface area (Å²) in [7, 11) is -4.16. The summed E-state index contributed by atoms with van der Waals surface area (Å²) in [5.74, 6) is 0.778. The van der Waals surface area contributed by atoms with Crippen LogP contribution >= 0.6 is 11.3 Å². The number of thiazole rings is 1. The van der Waals surface area contributed by atoms with Crippen LogP contribution in [0.15, 0.2) is 69.4 Å². The van der Waals surface area contributed by atoms with E-state index in [0.29, 0.717) is 53.5 Å². The van der Waals surface area contributed by atoms with Gasteiger partial charge in [0.05, 0.1) is 36.9 Å². The molecule has 1 saturated carbocycles. The lowest BCUT2D eigenvalue weighted by atomic mass is 9.80. The lowest BCUT2D eigenvalue weighted by Gasteiger charge is -2.33. The summed E-state index contributed by atoms with van der Waals surface area (Å²) >= 11 is 1.44. The van der Waals surface area contributed by atoms with Gasteiger partial charge in [0.15, 0.2) is 17.1 Å². The normalized spacial score (nSPS) is 28.6. The molecule has 8 rings (SSSR count). The highest BCUT2D eigenvalue weighted by Gasteiger charge is 2.63. The van der Waals surface area contributed by atoms with Crippen molar-refractivity contribution in [3.8, 4) is 10.8 Å². The van der Waals surface area contributed by atoms with Crippen LogP contribution in [0.5, 0.6) is 0 Å². The molecule has 3 unspecified atom stereocenters. The van der Waals surface area contributed by atoms with Gasteiger partial charge in [0.25, 0.3) is 0 Å². The zero-order valence-corrected chi connectivity index (χ0v) is 31.5. The number of β-amino-alcohol motifs (C(OH)–C–C–N with tert-alkyl or cyclic N) is 1. The number of nitrogens with zero attached hydrogens (tertiary/aromatic N) is 2. The first kappa shape index (κ1) is 36.6. The topological polar surface area (TPSA) is 150 Å². The molecule has 0 radical (unpaired) electrons. The fraction of sp³-hybridized carbons (Fsp3) is 0.538. The van der Waals surface area contributed by atoms with Crippen molar-refractivity contribution in [3.05, 3.63) is 71.2 Å². The number of rotatable bonds is 8. The molecule has 12 nitrogen and oxygen atoms in total. The van der Waals surface area contributed by atoms with Crippen molar-refractivity contribution < 1.29 is 41.7 Å². The number of amides is 1. The van der Waals surface area contributed by atoms with Crippen LogP contribution in [-0.4, -0.2) is 86.4 Å². The van der Waals surface area contributed by atoms with Crippen LogP contribution in [0.4, 0.5) is 4.79 Å². The van der Waals surface area contributed by atoms with Crippen molar-refractivity contribution in [2.45, 2.75) is 87.9 Å². The van der Waals surface area contributed by atoms with E-state index in [2.05, 4.69) is 17.2 Å². The first-order valence-corrected chi connectivity index (χ1v) is 21.0. The number of fused-ring (bicyclic) bond motifs is 3. The molecule has 2 bridgehead atoms. The molecule has 1 aliphatic carbocycles. The Labute approximate surface area is 313 Å². The van der Waals surface area contributed by atoms with Crippen LogP contribution in [0.25, 0.3) is 21.7 Å². The smallest absolute Gasteiger partial charge is 0.407 e. The lowest BCUT2D eigenvalue weighted by molar-refractivity contribution is -0.170. The molecule has 5 heterocycles. The van der Waals surface area contributed by atoms with E-state index < -0.39 is 34.4 Å². The third kappa shape index (κ3) is 7.51. The molecular formula is C39H47N3O9S2. The van der Waals surface area contributed by atoms with E-state index in [-0.39, 0.29) is 54.6 Å². The van der Waals surface area contributed by atoms with Crippen molar-refractivity contribution in [2.75, 3.05) is 32.9 Å². The van der Waals surface area contributed by atoms with Gasteiger partial charge in [-0.15, -0.1) is 11.3 Å². The minimum absolute atomic E-state index is 0.0634. The Hall–Kier alpha value is -3.37. The Bertz CT molecular complexity index is 1990. The summed E-state index contributed by atoms with van der Waals surface area (Å²) in [6.45, 7) is 3.59. The van der Waals surface area contributed by atoms with Crippen LogP contribution in [0.2, 0.25) is 0 Å². The summed E-state index contributed by atoms with van der Waals surface area (Å²) in [5.41, 5.74) is 1.55. The molecule has 4 aromatic rings. The van der Waals surface area contributed by atoms with Crippen molar-refractivity contribution >= 4 is 38.4 Å². The number of benzene rings is 2. The molecule has 2 aromatic carbocycles. The lowest BCUT2D eigenvalue weighted by Crippen LogP contribution is -2.52. The van der Waals surface area contributed by atoms with Crippen LogP contribution in [0.1, 0.15) is 56.6 Å². The molecule has 0 spiro atoms. The summed E-state index contributed by atoms with van der Waals surface area (Å²) < 4.78 is 61.0. The molecule has 14 heteroatoms. The maximum Gasteiger partial charge on any atom is 0.407 e. The average molecular weight is 766 g/mol. The van der Waals surface area contributed by atoms with Gasteiger partial charge in [-0.25, -0.2) is 18.2 Å². The molecule has 7 atom stereocenters. The molecule has 3 fully saturated rings. The number of carbonyl (C=O) groups is 1. The second kappa shape index (κ2) is 15.4. The highest BCUT2D eigenvalue weighted by Crippen LogP contribution is 2.57. The van der Waals surface area contributed by atoms with Crippen LogP contribution in [-0.2, 0) is 42.0 Å². The molecule has 53 heavy (non-hydrogen) atoms. The fourth-order valence-electron chi connectivity index (χ4n) is 8.58. The summed E-state index contributed by atoms with van der Waals surface area (Å²) in [6, 6.07) is 13.9. The highest BCUT2D eigenvalue weighted by atomic mass is 32.2. The number of carbonyl (C=O) groups excluding carboxylic acids is 1. The number of hydrogen-bond donors (Lipinski definition) is 2. The molecule has 284 valence electrons. The van der Waals surface area contributed by atoms with E-state index >= 15 is 0 Å². The summed E-state index contributed by atoms with van der Waals surface area (Å²) in [4.78, 5) is 18.2. The number of aliphatic hydroxyl groups excluding tert-OH is 1. The van der Waals surface area contributed by atoms with Gasteiger partial charge < -0.3 is 33.8 Å². The molecule has 2 N–H and O–H groups in total. The molecule has 1 amide bonds. The predicted molar refractivity (Wildman–Crippen MR) is 198 cm³/mol. The molecule has 2 saturated heterocycles. The third-order valence-electron chi connectivity index (χ3n) is 11.4. The number of aromatic nitrogens is 1. The first-order valence-electron chi connectivity index (χ1n) is 18.7. The number of ether oxygens (including phenoxy) is 4. The van der Waals surface area contributed by atoms with E-state index in [4.69, 9.17) is 23.4 Å². The minimum Gasteiger partial charge on any atom is -0.454 e. The molecule has 2 aromatic heterocycles. The Kier molecular flexibility index (Phi) is 10.6. The maximum absolute atomic E-state index is 14.8. The van der Waals surface area contributed by atoms with Gasteiger partial charge in [0.2, 0.25) is 10.0 Å². The van der Waals surface area contributed by atoms with Gasteiger partial charge >= 0.3 is 6.09 Å². The Balaban J connectivity index is 1.07. The van der Waals surface area contributed by atoms with Crippen molar-refractivity contribution in [1.82, 2.24) is 14.6 Å². The number of furan rings is 1. The second-order valence-corrected chi connectivity index (χ2v) is 17.9. The highest BCUT2D eigenvalue weighted by molar-refractivity contribution is 7.89. The zero-order valence-electron chi connectivity index (χ0n) is 29.9. The van der Waals surface area contributed by atoms with Crippen molar-refractivity contribution in [2.24, 2.45) is 17.3 Å². The van der Waals surface area contributed by atoms with Crippen molar-refractivity contribution in [1.29, 1.82) is 0 Å². The van der Waals surface area contributed by atoms with Gasteiger partial charge in [0, 0.05) is 59.5 Å². The average Bonchev–Trinajstić information content (AvgIpc) is 3.94. The van der Waals surface area contributed by atoms with Gasteiger partial charge in [-0.05, 0) is 49.4 Å². The monoisotopic (exact) mass is 765 g/mol.